The lowest BCUT2D eigenvalue weighted by Gasteiger charge is -2.04. The summed E-state index contributed by atoms with van der Waals surface area (Å²) in [5.74, 6) is 0.315. The van der Waals surface area contributed by atoms with Crippen LogP contribution in [0.3, 0.4) is 0 Å². The van der Waals surface area contributed by atoms with Crippen molar-refractivity contribution in [3.8, 4) is 11.3 Å². The maximum Gasteiger partial charge on any atom is 0.338 e. The number of aromatic nitrogens is 1. The third-order valence-corrected chi connectivity index (χ3v) is 4.36. The second-order valence-electron chi connectivity index (χ2n) is 6.33. The number of hydrogen-bond acceptors (Lipinski definition) is 5. The number of carbonyl (C=O) groups is 2. The van der Waals surface area contributed by atoms with Crippen LogP contribution >= 0.6 is 0 Å². The molecule has 5 heteroatoms. The minimum atomic E-state index is -0.511. The average Bonchev–Trinajstić information content (AvgIpc) is 3.27. The van der Waals surface area contributed by atoms with Gasteiger partial charge in [-0.1, -0.05) is 72.8 Å². The number of ether oxygens (including phenoxy) is 1. The molecule has 142 valence electrons. The van der Waals surface area contributed by atoms with Crippen LogP contribution in [0.1, 0.15) is 32.2 Å². The molecule has 0 bridgehead atoms. The molecular weight excluding hydrogens is 366 g/mol. The maximum absolute atomic E-state index is 12.4. The largest absolute Gasteiger partial charge is 0.452 e. The molecule has 0 spiro atoms. The summed E-state index contributed by atoms with van der Waals surface area (Å²) >= 11 is 0. The molecule has 5 nitrogen and oxygen atoms in total. The molecule has 4 aromatic rings. The molecule has 0 aliphatic rings. The topological polar surface area (TPSA) is 69.4 Å². The van der Waals surface area contributed by atoms with Gasteiger partial charge in [0, 0.05) is 16.7 Å². The summed E-state index contributed by atoms with van der Waals surface area (Å²) < 4.78 is 10.9. The summed E-state index contributed by atoms with van der Waals surface area (Å²) in [6.45, 7) is -0.0731. The van der Waals surface area contributed by atoms with Crippen molar-refractivity contribution in [3.05, 3.63) is 114 Å². The van der Waals surface area contributed by atoms with Crippen molar-refractivity contribution in [2.75, 3.05) is 0 Å². The monoisotopic (exact) mass is 383 g/mol. The predicted molar refractivity (Wildman–Crippen MR) is 107 cm³/mol. The number of ketones is 1. The fraction of sp³-hybridized carbons (Fsp3) is 0.0417. The molecule has 0 aliphatic carbocycles. The van der Waals surface area contributed by atoms with Crippen LogP contribution in [0.25, 0.3) is 11.3 Å². The van der Waals surface area contributed by atoms with Crippen molar-refractivity contribution in [2.45, 2.75) is 6.61 Å². The standard InChI is InChI=1S/C24H17NO4/c26-23(18-9-5-2-6-10-18)19-11-13-20(14-12-19)24(27)28-16-22-25-15-21(29-22)17-7-3-1-4-8-17/h1-15H,16H2. The van der Waals surface area contributed by atoms with Crippen molar-refractivity contribution >= 4 is 11.8 Å². The molecule has 0 N–H and O–H groups in total. The number of nitrogens with zero attached hydrogens (tertiary/aromatic N) is 1. The third-order valence-electron chi connectivity index (χ3n) is 4.36. The van der Waals surface area contributed by atoms with Gasteiger partial charge in [0.25, 0.3) is 0 Å². The van der Waals surface area contributed by atoms with Gasteiger partial charge in [-0.3, -0.25) is 4.79 Å². The number of rotatable bonds is 6. The maximum atomic E-state index is 12.4. The Morgan fingerprint density at radius 1 is 0.759 bits per heavy atom. The molecule has 1 aromatic heterocycles. The van der Waals surface area contributed by atoms with E-state index in [2.05, 4.69) is 4.98 Å². The van der Waals surface area contributed by atoms with Gasteiger partial charge >= 0.3 is 5.97 Å². The predicted octanol–water partition coefficient (Wildman–Crippen LogP) is 4.93. The molecule has 0 amide bonds. The van der Waals surface area contributed by atoms with Crippen LogP contribution in [0.5, 0.6) is 0 Å². The fourth-order valence-electron chi connectivity index (χ4n) is 2.84. The van der Waals surface area contributed by atoms with E-state index in [1.807, 2.05) is 48.5 Å². The van der Waals surface area contributed by atoms with E-state index < -0.39 is 5.97 Å². The average molecular weight is 383 g/mol. The smallest absolute Gasteiger partial charge is 0.338 e. The summed E-state index contributed by atoms with van der Waals surface area (Å²) in [4.78, 5) is 28.8. The van der Waals surface area contributed by atoms with Gasteiger partial charge in [0.05, 0.1) is 11.8 Å². The highest BCUT2D eigenvalue weighted by molar-refractivity contribution is 6.09. The molecule has 0 saturated carbocycles. The molecule has 3 aromatic carbocycles. The van der Waals surface area contributed by atoms with Crippen molar-refractivity contribution in [1.29, 1.82) is 0 Å². The zero-order valence-corrected chi connectivity index (χ0v) is 15.4. The van der Waals surface area contributed by atoms with Crippen LogP contribution in [0.4, 0.5) is 0 Å². The van der Waals surface area contributed by atoms with Gasteiger partial charge < -0.3 is 9.15 Å². The molecule has 0 aliphatic heterocycles. The number of hydrogen-bond donors (Lipinski definition) is 0. The van der Waals surface area contributed by atoms with Gasteiger partial charge in [0.1, 0.15) is 0 Å². The molecule has 0 unspecified atom stereocenters. The number of benzene rings is 3. The Kier molecular flexibility index (Phi) is 5.29. The van der Waals surface area contributed by atoms with Crippen molar-refractivity contribution < 1.29 is 18.7 Å². The number of carbonyl (C=O) groups excluding carboxylic acids is 2. The molecule has 0 atom stereocenters. The Labute approximate surface area is 167 Å². The van der Waals surface area contributed by atoms with Gasteiger partial charge in [0.2, 0.25) is 5.89 Å². The van der Waals surface area contributed by atoms with E-state index in [9.17, 15) is 9.59 Å². The first-order valence-corrected chi connectivity index (χ1v) is 9.08. The Morgan fingerprint density at radius 2 is 1.34 bits per heavy atom. The summed E-state index contributed by atoms with van der Waals surface area (Å²) in [6, 6.07) is 24.9. The Bertz CT molecular complexity index is 1120. The van der Waals surface area contributed by atoms with Crippen LogP contribution < -0.4 is 0 Å². The first-order chi connectivity index (χ1) is 14.2. The summed E-state index contributed by atoms with van der Waals surface area (Å²) in [7, 11) is 0. The van der Waals surface area contributed by atoms with E-state index in [0.29, 0.717) is 28.3 Å². The van der Waals surface area contributed by atoms with Gasteiger partial charge in [-0.25, -0.2) is 9.78 Å². The van der Waals surface area contributed by atoms with Gasteiger partial charge in [0.15, 0.2) is 18.2 Å². The lowest BCUT2D eigenvalue weighted by Crippen LogP contribution is -2.07. The highest BCUT2D eigenvalue weighted by Crippen LogP contribution is 2.20. The SMILES string of the molecule is O=C(OCc1ncc(-c2ccccc2)o1)c1ccc(C(=O)c2ccccc2)cc1. The first-order valence-electron chi connectivity index (χ1n) is 9.08. The van der Waals surface area contributed by atoms with Gasteiger partial charge in [-0.05, 0) is 12.1 Å². The zero-order chi connectivity index (χ0) is 20.1. The van der Waals surface area contributed by atoms with E-state index in [-0.39, 0.29) is 12.4 Å². The molecular formula is C24H17NO4. The van der Waals surface area contributed by atoms with Crippen LogP contribution in [-0.4, -0.2) is 16.7 Å². The normalized spacial score (nSPS) is 10.5. The molecule has 4 rings (SSSR count). The third kappa shape index (κ3) is 4.30. The second kappa shape index (κ2) is 8.35. The summed E-state index contributed by atoms with van der Waals surface area (Å²) in [5.41, 5.74) is 2.36. The fourth-order valence-corrected chi connectivity index (χ4v) is 2.84. The molecule has 29 heavy (non-hydrogen) atoms. The van der Waals surface area contributed by atoms with Crippen molar-refractivity contribution in [1.82, 2.24) is 4.98 Å². The molecule has 0 fully saturated rings. The minimum absolute atomic E-state index is 0.0731. The number of esters is 1. The Hall–Kier alpha value is -3.99. The molecule has 0 saturated heterocycles. The molecule has 1 heterocycles. The summed E-state index contributed by atoms with van der Waals surface area (Å²) in [5, 5.41) is 0. The van der Waals surface area contributed by atoms with E-state index >= 15 is 0 Å². The van der Waals surface area contributed by atoms with Crippen molar-refractivity contribution in [2.24, 2.45) is 0 Å². The van der Waals surface area contributed by atoms with E-state index in [0.717, 1.165) is 5.56 Å². The van der Waals surface area contributed by atoms with Crippen LogP contribution in [0, 0.1) is 0 Å². The Balaban J connectivity index is 1.38. The van der Waals surface area contributed by atoms with Gasteiger partial charge in [-0.2, -0.15) is 0 Å². The van der Waals surface area contributed by atoms with Crippen molar-refractivity contribution in [3.63, 3.8) is 0 Å². The quantitative estimate of drug-likeness (QED) is 0.349. The van der Waals surface area contributed by atoms with E-state index in [4.69, 9.17) is 9.15 Å². The number of oxazole rings is 1. The zero-order valence-electron chi connectivity index (χ0n) is 15.4. The Morgan fingerprint density at radius 3 is 2.03 bits per heavy atom. The second-order valence-corrected chi connectivity index (χ2v) is 6.33. The highest BCUT2D eigenvalue weighted by Gasteiger charge is 2.13. The van der Waals surface area contributed by atoms with E-state index in [1.54, 1.807) is 42.6 Å². The lowest BCUT2D eigenvalue weighted by atomic mass is 10.0. The minimum Gasteiger partial charge on any atom is -0.452 e. The van der Waals surface area contributed by atoms with Crippen LogP contribution in [0.2, 0.25) is 0 Å². The van der Waals surface area contributed by atoms with Crippen LogP contribution in [-0.2, 0) is 11.3 Å². The van der Waals surface area contributed by atoms with Gasteiger partial charge in [-0.15, -0.1) is 0 Å². The van der Waals surface area contributed by atoms with Crippen LogP contribution in [0.15, 0.2) is 95.5 Å². The lowest BCUT2D eigenvalue weighted by molar-refractivity contribution is 0.0438. The molecule has 0 radical (unpaired) electrons. The highest BCUT2D eigenvalue weighted by atomic mass is 16.5. The van der Waals surface area contributed by atoms with E-state index in [1.165, 1.54) is 0 Å². The summed E-state index contributed by atoms with van der Waals surface area (Å²) in [6.07, 6.45) is 1.60. The first kappa shape index (κ1) is 18.4.